The van der Waals surface area contributed by atoms with Crippen LogP contribution in [-0.2, 0) is 18.5 Å². The van der Waals surface area contributed by atoms with Crippen LogP contribution in [0.2, 0.25) is 10.0 Å². The van der Waals surface area contributed by atoms with Crippen LogP contribution in [0.4, 0.5) is 19.3 Å². The molecule has 2 aliphatic rings. The number of aromatic nitrogens is 1. The molecule has 1 aromatic heterocycles. The van der Waals surface area contributed by atoms with E-state index in [2.05, 4.69) is 17.0 Å². The van der Waals surface area contributed by atoms with E-state index in [1.54, 1.807) is 7.11 Å². The molecule has 10 nitrogen and oxygen atoms in total. The normalized spacial score (nSPS) is 16.2. The Morgan fingerprint density at radius 3 is 2.56 bits per heavy atom. The summed E-state index contributed by atoms with van der Waals surface area (Å²) >= 11 is 17.8. The number of carbonyl (C=O) groups excluding carboxylic acids is 2. The number of hydrogen-bond acceptors (Lipinski definition) is 8. The second-order valence-corrected chi connectivity index (χ2v) is 13.2. The van der Waals surface area contributed by atoms with Crippen molar-refractivity contribution in [2.75, 3.05) is 38.7 Å². The lowest BCUT2D eigenvalue weighted by Gasteiger charge is -2.35. The number of nitrogens with zero attached hydrogens (tertiary/aromatic N) is 4. The molecule has 1 atom stereocenters. The van der Waals surface area contributed by atoms with Crippen LogP contribution in [0, 0.1) is 11.3 Å². The largest absolute Gasteiger partial charge is 0.495 e. The van der Waals surface area contributed by atoms with Crippen LogP contribution in [0.25, 0.3) is 0 Å². The number of fused-ring (bicyclic) bond motifs is 1. The first-order valence-corrected chi connectivity index (χ1v) is 16.6. The lowest BCUT2D eigenvalue weighted by atomic mass is 10.0. The van der Waals surface area contributed by atoms with Crippen molar-refractivity contribution >= 4 is 64.6 Å². The molecule has 2 N–H and O–H groups in total. The van der Waals surface area contributed by atoms with Crippen molar-refractivity contribution in [1.82, 2.24) is 14.8 Å². The Bertz CT molecular complexity index is 1800. The third-order valence-electron chi connectivity index (χ3n) is 7.99. The Hall–Kier alpha value is -3.38. The number of methoxy groups -OCH3 is 1. The van der Waals surface area contributed by atoms with Gasteiger partial charge in [0.25, 0.3) is 5.56 Å². The summed E-state index contributed by atoms with van der Waals surface area (Å²) in [5, 5.41) is 14.7. The van der Waals surface area contributed by atoms with Crippen LogP contribution in [0.15, 0.2) is 44.9 Å². The predicted molar refractivity (Wildman–Crippen MR) is 181 cm³/mol. The molecule has 0 aliphatic carbocycles. The molecule has 1 unspecified atom stereocenters. The van der Waals surface area contributed by atoms with Crippen molar-refractivity contribution in [2.24, 2.45) is 0 Å². The Morgan fingerprint density at radius 2 is 1.96 bits per heavy atom. The van der Waals surface area contributed by atoms with Crippen molar-refractivity contribution in [1.29, 1.82) is 5.26 Å². The Kier molecular flexibility index (Phi) is 12.4. The smallest absolute Gasteiger partial charge is 0.362 e. The molecule has 3 heterocycles. The maximum Gasteiger partial charge on any atom is 0.362 e. The van der Waals surface area contributed by atoms with Gasteiger partial charge in [0.05, 0.1) is 47.5 Å². The number of aromatic amines is 1. The molecule has 2 aliphatic heterocycles. The molecule has 0 bridgehead atoms. The zero-order valence-corrected chi connectivity index (χ0v) is 29.2. The summed E-state index contributed by atoms with van der Waals surface area (Å²) in [5.41, 5.74) is 1.25. The van der Waals surface area contributed by atoms with Crippen molar-refractivity contribution in [2.45, 2.75) is 54.1 Å². The molecular formula is C32H32Cl3F2N5O5S. The van der Waals surface area contributed by atoms with E-state index < -0.39 is 16.6 Å². The highest BCUT2D eigenvalue weighted by molar-refractivity contribution is 7.99. The minimum atomic E-state index is -3.82. The lowest BCUT2D eigenvalue weighted by Crippen LogP contribution is -2.49. The molecule has 1 fully saturated rings. The van der Waals surface area contributed by atoms with Gasteiger partial charge in [-0.2, -0.15) is 14.0 Å². The van der Waals surface area contributed by atoms with Gasteiger partial charge >= 0.3 is 11.4 Å². The van der Waals surface area contributed by atoms with Gasteiger partial charge in [0.15, 0.2) is 6.29 Å². The highest BCUT2D eigenvalue weighted by Gasteiger charge is 2.33. The number of anilines is 1. The fourth-order valence-corrected chi connectivity index (χ4v) is 7.31. The van der Waals surface area contributed by atoms with Gasteiger partial charge in [-0.1, -0.05) is 41.0 Å². The van der Waals surface area contributed by atoms with Crippen LogP contribution in [0.1, 0.15) is 58.5 Å². The van der Waals surface area contributed by atoms with Gasteiger partial charge < -0.3 is 19.7 Å². The lowest BCUT2D eigenvalue weighted by molar-refractivity contribution is 0.0891. The highest BCUT2D eigenvalue weighted by Crippen LogP contribution is 2.43. The zero-order valence-electron chi connectivity index (χ0n) is 26.2. The molecule has 2 aromatic carbocycles. The molecule has 0 spiro atoms. The quantitative estimate of drug-likeness (QED) is 0.174. The number of hydrogen-bond donors (Lipinski definition) is 2. The SMILES string of the molecule is CCN1CCCN(c2cc3c(cc2OC)C(CC#N)N(C)C3)C1=O.O=Cc1c(Sc2c(Cl)ccc(CO)c2Cl)cc(C(F)(F)Cl)[nH]c1=O. The Morgan fingerprint density at radius 1 is 1.23 bits per heavy atom. The number of halogens is 5. The number of urea groups is 1. The zero-order chi connectivity index (χ0) is 35.3. The molecule has 0 radical (unpaired) electrons. The summed E-state index contributed by atoms with van der Waals surface area (Å²) in [6.45, 7) is 4.66. The van der Waals surface area contributed by atoms with Crippen molar-refractivity contribution in [3.05, 3.63) is 78.7 Å². The first-order valence-electron chi connectivity index (χ1n) is 14.7. The first-order chi connectivity index (χ1) is 22.8. The molecular weight excluding hydrogens is 711 g/mol. The molecule has 2 amide bonds. The van der Waals surface area contributed by atoms with E-state index in [9.17, 15) is 28.3 Å². The van der Waals surface area contributed by atoms with E-state index in [0.717, 1.165) is 55.1 Å². The molecule has 0 saturated carbocycles. The van der Waals surface area contributed by atoms with Crippen LogP contribution >= 0.6 is 46.6 Å². The summed E-state index contributed by atoms with van der Waals surface area (Å²) < 4.78 is 32.1. The number of carbonyl (C=O) groups is 2. The summed E-state index contributed by atoms with van der Waals surface area (Å²) in [4.78, 5) is 43.5. The number of pyridine rings is 1. The number of nitriles is 1. The van der Waals surface area contributed by atoms with Gasteiger partial charge in [-0.05, 0) is 72.9 Å². The summed E-state index contributed by atoms with van der Waals surface area (Å²) in [5.74, 6) is 0.707. The van der Waals surface area contributed by atoms with E-state index in [-0.39, 0.29) is 50.4 Å². The number of aliphatic hydroxyl groups is 1. The number of ether oxygens (including phenoxy) is 1. The monoisotopic (exact) mass is 741 g/mol. The van der Waals surface area contributed by atoms with Crippen LogP contribution in [-0.4, -0.2) is 66.0 Å². The summed E-state index contributed by atoms with van der Waals surface area (Å²) in [7, 11) is 3.66. The standard InChI is InChI=1S/C18H24N4O2.C14H8Cl3F2NO3S/c1-4-21-8-5-9-22(18(21)23)16-10-13-12-20(2)15(6-7-19)14(13)11-17(16)24-3;15-8-2-1-6(4-21)11(16)12(8)24-9-3-10(14(17,18)19)20-13(23)7(9)5-22/h10-11,15H,4-6,8-9,12H2,1-3H3;1-3,5,21H,4H2,(H,20,23). The van der Waals surface area contributed by atoms with Gasteiger partial charge in [-0.25, -0.2) is 4.79 Å². The van der Waals surface area contributed by atoms with Gasteiger partial charge in [0.2, 0.25) is 0 Å². The van der Waals surface area contributed by atoms with Crippen molar-refractivity contribution in [3.8, 4) is 11.8 Å². The molecule has 1 saturated heterocycles. The average Bonchev–Trinajstić information content (AvgIpc) is 3.35. The van der Waals surface area contributed by atoms with Gasteiger partial charge in [0.1, 0.15) is 11.4 Å². The molecule has 3 aromatic rings. The third-order valence-corrected chi connectivity index (χ3v) is 10.3. The predicted octanol–water partition coefficient (Wildman–Crippen LogP) is 7.17. The number of aldehydes is 1. The fourth-order valence-electron chi connectivity index (χ4n) is 5.51. The van der Waals surface area contributed by atoms with Gasteiger partial charge in [-0.15, -0.1) is 0 Å². The molecule has 48 heavy (non-hydrogen) atoms. The van der Waals surface area contributed by atoms with Crippen LogP contribution < -0.4 is 15.2 Å². The number of H-pyrrole nitrogens is 1. The second-order valence-electron chi connectivity index (χ2n) is 10.9. The van der Waals surface area contributed by atoms with Gasteiger partial charge in [-0.3, -0.25) is 19.4 Å². The van der Waals surface area contributed by atoms with Gasteiger partial charge in [0, 0.05) is 42.0 Å². The van der Waals surface area contributed by atoms with E-state index in [4.69, 9.17) is 44.8 Å². The van der Waals surface area contributed by atoms with Crippen LogP contribution in [0.5, 0.6) is 5.75 Å². The van der Waals surface area contributed by atoms with Crippen LogP contribution in [0.3, 0.4) is 0 Å². The van der Waals surface area contributed by atoms with E-state index >= 15 is 0 Å². The molecule has 5 rings (SSSR count). The summed E-state index contributed by atoms with van der Waals surface area (Å²) in [6, 6.07) is 10.3. The number of rotatable bonds is 9. The van der Waals surface area contributed by atoms with E-state index in [1.807, 2.05) is 34.8 Å². The number of alkyl halides is 3. The third kappa shape index (κ3) is 7.91. The molecule has 16 heteroatoms. The maximum absolute atomic E-state index is 13.3. The number of aliphatic hydroxyl groups excluding tert-OH is 1. The number of nitrogens with one attached hydrogen (secondary N) is 1. The maximum atomic E-state index is 13.3. The summed E-state index contributed by atoms with van der Waals surface area (Å²) in [6.07, 6.45) is 1.64. The van der Waals surface area contributed by atoms with E-state index in [0.29, 0.717) is 24.3 Å². The first kappa shape index (κ1) is 37.4. The minimum Gasteiger partial charge on any atom is -0.495 e. The molecule has 256 valence electrons. The fraction of sp³-hybridized carbons (Fsp3) is 0.375. The minimum absolute atomic E-state index is 0.0435. The van der Waals surface area contributed by atoms with E-state index in [1.165, 1.54) is 17.7 Å². The number of amides is 2. The highest BCUT2D eigenvalue weighted by atomic mass is 35.5. The Balaban J connectivity index is 0.000000217. The van der Waals surface area contributed by atoms with Crippen molar-refractivity contribution < 1.29 is 28.2 Å². The number of benzene rings is 2. The second kappa shape index (κ2) is 15.9. The topological polar surface area (TPSA) is 130 Å². The Labute approximate surface area is 295 Å². The van der Waals surface area contributed by atoms with Crippen molar-refractivity contribution in [3.63, 3.8) is 0 Å². The average molecular weight is 743 g/mol.